The van der Waals surface area contributed by atoms with E-state index < -0.39 is 0 Å². The Balaban J connectivity index is 1.32. The van der Waals surface area contributed by atoms with E-state index in [1.54, 1.807) is 14.2 Å². The molecule has 1 amide bonds. The number of rotatable bonds is 7. The largest absolute Gasteiger partial charge is 0.497 e. The van der Waals surface area contributed by atoms with E-state index in [1.807, 2.05) is 42.5 Å². The number of hydrogen-bond acceptors (Lipinski definition) is 5. The molecule has 0 spiro atoms. The molecule has 1 unspecified atom stereocenters. The first-order valence-electron chi connectivity index (χ1n) is 9.80. The van der Waals surface area contributed by atoms with Gasteiger partial charge in [-0.15, -0.1) is 0 Å². The van der Waals surface area contributed by atoms with Crippen molar-refractivity contribution in [2.45, 2.75) is 25.4 Å². The second-order valence-corrected chi connectivity index (χ2v) is 7.41. The summed E-state index contributed by atoms with van der Waals surface area (Å²) >= 11 is 0. The fourth-order valence-electron chi connectivity index (χ4n) is 3.90. The molecule has 29 heavy (non-hydrogen) atoms. The van der Waals surface area contributed by atoms with Crippen LogP contribution in [-0.2, 0) is 17.8 Å². The lowest BCUT2D eigenvalue weighted by molar-refractivity contribution is -0.121. The standard InChI is InChI=1S/C22H26N4O3/c1-28-17-9-15(10-18(11-17)29-2)13-26-8-7-16(14-26)23-22(27)12-21-19-5-3-4-6-20(19)24-25-21/h3-6,9-11,16H,7-8,12-14H2,1-2H3,(H,23,27)(H,24,25). The van der Waals surface area contributed by atoms with Crippen LogP contribution in [0.3, 0.4) is 0 Å². The highest BCUT2D eigenvalue weighted by molar-refractivity contribution is 5.87. The van der Waals surface area contributed by atoms with Crippen molar-refractivity contribution in [3.63, 3.8) is 0 Å². The highest BCUT2D eigenvalue weighted by atomic mass is 16.5. The summed E-state index contributed by atoms with van der Waals surface area (Å²) in [5, 5.41) is 11.4. The van der Waals surface area contributed by atoms with E-state index in [9.17, 15) is 4.79 Å². The summed E-state index contributed by atoms with van der Waals surface area (Å²) in [4.78, 5) is 14.9. The van der Waals surface area contributed by atoms with Crippen LogP contribution < -0.4 is 14.8 Å². The van der Waals surface area contributed by atoms with Crippen LogP contribution in [0.15, 0.2) is 42.5 Å². The predicted octanol–water partition coefficient (Wildman–Crippen LogP) is 2.51. The summed E-state index contributed by atoms with van der Waals surface area (Å²) in [5.41, 5.74) is 2.88. The van der Waals surface area contributed by atoms with E-state index in [0.717, 1.165) is 59.7 Å². The first-order valence-corrected chi connectivity index (χ1v) is 9.80. The SMILES string of the molecule is COc1cc(CN2CCC(NC(=O)Cc3[nH]nc4ccccc34)C2)cc(OC)c1. The number of aromatic nitrogens is 2. The van der Waals surface area contributed by atoms with Crippen molar-refractivity contribution in [2.24, 2.45) is 0 Å². The molecule has 1 aromatic heterocycles. The van der Waals surface area contributed by atoms with Crippen LogP contribution >= 0.6 is 0 Å². The molecule has 2 heterocycles. The second kappa shape index (κ2) is 8.53. The number of carbonyl (C=O) groups is 1. The maximum Gasteiger partial charge on any atom is 0.226 e. The normalized spacial score (nSPS) is 16.8. The van der Waals surface area contributed by atoms with Crippen LogP contribution in [-0.4, -0.2) is 54.4 Å². The van der Waals surface area contributed by atoms with Crippen LogP contribution in [0.5, 0.6) is 11.5 Å². The van der Waals surface area contributed by atoms with Gasteiger partial charge in [0.25, 0.3) is 0 Å². The highest BCUT2D eigenvalue weighted by Crippen LogP contribution is 2.24. The number of aromatic amines is 1. The number of para-hydroxylation sites is 1. The van der Waals surface area contributed by atoms with Gasteiger partial charge in [0.15, 0.2) is 0 Å². The minimum atomic E-state index is 0.0225. The average Bonchev–Trinajstić information content (AvgIpc) is 3.34. The molecule has 152 valence electrons. The van der Waals surface area contributed by atoms with Crippen LogP contribution in [0.2, 0.25) is 0 Å². The van der Waals surface area contributed by atoms with E-state index >= 15 is 0 Å². The molecule has 7 nitrogen and oxygen atoms in total. The Labute approximate surface area is 170 Å². The minimum absolute atomic E-state index is 0.0225. The molecule has 1 atom stereocenters. The van der Waals surface area contributed by atoms with Crippen molar-refractivity contribution in [3.05, 3.63) is 53.7 Å². The third kappa shape index (κ3) is 4.51. The lowest BCUT2D eigenvalue weighted by Crippen LogP contribution is -2.37. The van der Waals surface area contributed by atoms with Crippen LogP contribution in [0.25, 0.3) is 10.9 Å². The van der Waals surface area contributed by atoms with Gasteiger partial charge in [-0.05, 0) is 30.2 Å². The zero-order chi connectivity index (χ0) is 20.2. The van der Waals surface area contributed by atoms with Crippen LogP contribution in [0.1, 0.15) is 17.7 Å². The van der Waals surface area contributed by atoms with Crippen LogP contribution in [0.4, 0.5) is 0 Å². The molecular weight excluding hydrogens is 368 g/mol. The van der Waals surface area contributed by atoms with Crippen LogP contribution in [0, 0.1) is 0 Å². The maximum absolute atomic E-state index is 12.5. The number of carbonyl (C=O) groups excluding carboxylic acids is 1. The summed E-state index contributed by atoms with van der Waals surface area (Å²) in [6.45, 7) is 2.57. The number of nitrogens with one attached hydrogen (secondary N) is 2. The fourth-order valence-corrected chi connectivity index (χ4v) is 3.90. The Kier molecular flexibility index (Phi) is 5.67. The summed E-state index contributed by atoms with van der Waals surface area (Å²) in [7, 11) is 3.31. The zero-order valence-electron chi connectivity index (χ0n) is 16.8. The Morgan fingerprint density at radius 3 is 2.72 bits per heavy atom. The lowest BCUT2D eigenvalue weighted by atomic mass is 10.1. The molecule has 1 saturated heterocycles. The minimum Gasteiger partial charge on any atom is -0.497 e. The number of hydrogen-bond donors (Lipinski definition) is 2. The summed E-state index contributed by atoms with van der Waals surface area (Å²) < 4.78 is 10.7. The molecule has 3 aromatic rings. The van der Waals surface area contributed by atoms with Gasteiger partial charge in [-0.25, -0.2) is 0 Å². The first kappa shape index (κ1) is 19.3. The number of fused-ring (bicyclic) bond motifs is 1. The lowest BCUT2D eigenvalue weighted by Gasteiger charge is -2.18. The number of amides is 1. The smallest absolute Gasteiger partial charge is 0.226 e. The van der Waals surface area contributed by atoms with Gasteiger partial charge in [0.2, 0.25) is 5.91 Å². The highest BCUT2D eigenvalue weighted by Gasteiger charge is 2.24. The van der Waals surface area contributed by atoms with Crippen molar-refractivity contribution in [3.8, 4) is 11.5 Å². The number of H-pyrrole nitrogens is 1. The first-order chi connectivity index (χ1) is 14.1. The Hall–Kier alpha value is -3.06. The number of nitrogens with zero attached hydrogens (tertiary/aromatic N) is 2. The molecule has 1 aliphatic heterocycles. The average molecular weight is 394 g/mol. The van der Waals surface area contributed by atoms with Crippen molar-refractivity contribution in [2.75, 3.05) is 27.3 Å². The maximum atomic E-state index is 12.5. The van der Waals surface area contributed by atoms with E-state index in [4.69, 9.17) is 9.47 Å². The molecule has 2 N–H and O–H groups in total. The number of likely N-dealkylation sites (tertiary alicyclic amines) is 1. The second-order valence-electron chi connectivity index (χ2n) is 7.41. The van der Waals surface area contributed by atoms with Gasteiger partial charge in [0.05, 0.1) is 31.9 Å². The monoisotopic (exact) mass is 394 g/mol. The van der Waals surface area contributed by atoms with Crippen molar-refractivity contribution >= 4 is 16.8 Å². The summed E-state index contributed by atoms with van der Waals surface area (Å²) in [6.07, 6.45) is 1.25. The summed E-state index contributed by atoms with van der Waals surface area (Å²) in [5.74, 6) is 1.60. The van der Waals surface area contributed by atoms with E-state index in [0.29, 0.717) is 6.42 Å². The molecule has 0 aliphatic carbocycles. The van der Waals surface area contributed by atoms with Gasteiger partial charge in [0.1, 0.15) is 11.5 Å². The molecule has 7 heteroatoms. The number of benzene rings is 2. The fraction of sp³-hybridized carbons (Fsp3) is 0.364. The summed E-state index contributed by atoms with van der Waals surface area (Å²) in [6, 6.07) is 13.9. The van der Waals surface area contributed by atoms with E-state index in [2.05, 4.69) is 20.4 Å². The van der Waals surface area contributed by atoms with Gasteiger partial charge in [-0.2, -0.15) is 5.10 Å². The molecular formula is C22H26N4O3. The third-order valence-corrected chi connectivity index (χ3v) is 5.33. The molecule has 2 aromatic carbocycles. The molecule has 1 aliphatic rings. The van der Waals surface area contributed by atoms with Crippen molar-refractivity contribution in [1.29, 1.82) is 0 Å². The van der Waals surface area contributed by atoms with Crippen molar-refractivity contribution < 1.29 is 14.3 Å². The molecule has 0 radical (unpaired) electrons. The molecule has 0 bridgehead atoms. The molecule has 0 saturated carbocycles. The Bertz CT molecular complexity index is 978. The predicted molar refractivity (Wildman–Crippen MR) is 111 cm³/mol. The van der Waals surface area contributed by atoms with Gasteiger partial charge in [-0.1, -0.05) is 18.2 Å². The number of ether oxygens (including phenoxy) is 2. The molecule has 1 fully saturated rings. The van der Waals surface area contributed by atoms with E-state index in [1.165, 1.54) is 0 Å². The Morgan fingerprint density at radius 2 is 1.97 bits per heavy atom. The topological polar surface area (TPSA) is 79.5 Å². The quantitative estimate of drug-likeness (QED) is 0.644. The zero-order valence-corrected chi connectivity index (χ0v) is 16.8. The van der Waals surface area contributed by atoms with Crippen molar-refractivity contribution in [1.82, 2.24) is 20.4 Å². The van der Waals surface area contributed by atoms with E-state index in [-0.39, 0.29) is 11.9 Å². The number of methoxy groups -OCH3 is 2. The van der Waals surface area contributed by atoms with Gasteiger partial charge >= 0.3 is 0 Å². The van der Waals surface area contributed by atoms with Gasteiger partial charge in [0, 0.05) is 37.1 Å². The van der Waals surface area contributed by atoms with Gasteiger partial charge < -0.3 is 14.8 Å². The van der Waals surface area contributed by atoms with Gasteiger partial charge in [-0.3, -0.25) is 14.8 Å². The Morgan fingerprint density at radius 1 is 1.21 bits per heavy atom. The molecule has 4 rings (SSSR count). The third-order valence-electron chi connectivity index (χ3n) is 5.33.